The minimum absolute atomic E-state index is 0.265. The van der Waals surface area contributed by atoms with Gasteiger partial charge in [-0.3, -0.25) is 19.3 Å². The summed E-state index contributed by atoms with van der Waals surface area (Å²) in [5.74, 6) is -3.52. The normalized spacial score (nSPS) is 28.4. The predicted octanol–water partition coefficient (Wildman–Crippen LogP) is 5.91. The minimum atomic E-state index is -1.30. The molecule has 7 rings (SSSR count). The predicted molar refractivity (Wildman–Crippen MR) is 140 cm³/mol. The Morgan fingerprint density at radius 1 is 0.806 bits per heavy atom. The molecule has 1 aliphatic heterocycles. The number of nitrogens with zero attached hydrogens (tertiary/aromatic N) is 1. The number of alkyl halides is 2. The van der Waals surface area contributed by atoms with Crippen LogP contribution in [0.2, 0.25) is 10.0 Å². The average molecular weight is 560 g/mol. The van der Waals surface area contributed by atoms with Crippen molar-refractivity contribution in [3.8, 4) is 0 Å². The topological polar surface area (TPSA) is 66.5 Å². The second-order valence-electron chi connectivity index (χ2n) is 9.31. The molecule has 0 saturated carbocycles. The molecule has 1 saturated heterocycles. The molecular weight excluding hydrogens is 542 g/mol. The molecule has 9 heteroatoms. The van der Waals surface area contributed by atoms with Crippen molar-refractivity contribution in [1.82, 2.24) is 4.90 Å². The van der Waals surface area contributed by atoms with Gasteiger partial charge in [-0.15, -0.1) is 23.2 Å². The second-order valence-corrected chi connectivity index (χ2v) is 11.3. The van der Waals surface area contributed by atoms with Gasteiger partial charge in [0.15, 0.2) is 0 Å². The van der Waals surface area contributed by atoms with E-state index in [1.807, 2.05) is 48.5 Å². The number of halogens is 4. The van der Waals surface area contributed by atoms with Crippen molar-refractivity contribution in [2.45, 2.75) is 22.7 Å². The Morgan fingerprint density at radius 2 is 1.25 bits per heavy atom. The van der Waals surface area contributed by atoms with Gasteiger partial charge in [0.2, 0.25) is 17.7 Å². The van der Waals surface area contributed by atoms with Crippen LogP contribution in [0.25, 0.3) is 0 Å². The smallest absolute Gasteiger partial charge is 0.247 e. The summed E-state index contributed by atoms with van der Waals surface area (Å²) in [6.45, 7) is 1.50. The van der Waals surface area contributed by atoms with Crippen LogP contribution in [-0.2, 0) is 24.1 Å². The maximum atomic E-state index is 13.9. The Balaban J connectivity index is 1.43. The van der Waals surface area contributed by atoms with E-state index in [4.69, 9.17) is 46.4 Å². The van der Waals surface area contributed by atoms with Gasteiger partial charge in [-0.1, -0.05) is 71.7 Å². The van der Waals surface area contributed by atoms with E-state index >= 15 is 0 Å². The number of rotatable bonds is 3. The number of hydrogen-bond donors (Lipinski definition) is 1. The molecule has 5 nitrogen and oxygen atoms in total. The lowest BCUT2D eigenvalue weighted by Crippen LogP contribution is -2.57. The molecule has 1 fully saturated rings. The molecule has 36 heavy (non-hydrogen) atoms. The molecule has 2 bridgehead atoms. The molecule has 1 N–H and O–H groups in total. The van der Waals surface area contributed by atoms with Gasteiger partial charge >= 0.3 is 0 Å². The summed E-state index contributed by atoms with van der Waals surface area (Å²) in [5.41, 5.74) is 3.21. The summed E-state index contributed by atoms with van der Waals surface area (Å²) in [7, 11) is 0. The van der Waals surface area contributed by atoms with E-state index in [-0.39, 0.29) is 5.02 Å². The molecule has 3 amide bonds. The first-order valence-corrected chi connectivity index (χ1v) is 12.8. The Morgan fingerprint density at radius 3 is 1.67 bits per heavy atom. The van der Waals surface area contributed by atoms with Crippen LogP contribution in [0, 0.1) is 11.8 Å². The standard InChI is InChI=1S/C27H18Cl4N2O3/c1-13(23(34)32-14-10-11-19(28)20(29)12-14)33-24(35)21-22(25(33)36)27(31)16-7-3-2-6-15(16)26(21,30)17-8-4-5-9-18(17)27/h2-13,21-22H,1H3,(H,32,34)/t13-,21-,22+,26?,27?/m0/s1. The Kier molecular flexibility index (Phi) is 5.27. The maximum absolute atomic E-state index is 13.9. The highest BCUT2D eigenvalue weighted by Crippen LogP contribution is 2.69. The quantitative estimate of drug-likeness (QED) is 0.320. The van der Waals surface area contributed by atoms with E-state index in [1.165, 1.54) is 13.0 Å². The highest BCUT2D eigenvalue weighted by molar-refractivity contribution is 6.42. The number of hydrogen-bond acceptors (Lipinski definition) is 3. The number of anilines is 1. The van der Waals surface area contributed by atoms with Crippen molar-refractivity contribution in [3.63, 3.8) is 0 Å². The number of nitrogens with one attached hydrogen (secondary N) is 1. The third kappa shape index (κ3) is 2.89. The average Bonchev–Trinajstić information content (AvgIpc) is 3.15. The molecule has 3 aliphatic carbocycles. The fourth-order valence-corrected chi connectivity index (χ4v) is 7.40. The number of carbonyl (C=O) groups is 3. The highest BCUT2D eigenvalue weighted by atomic mass is 35.5. The van der Waals surface area contributed by atoms with Crippen LogP contribution in [0.15, 0.2) is 66.7 Å². The van der Waals surface area contributed by atoms with E-state index in [2.05, 4.69) is 5.32 Å². The largest absolute Gasteiger partial charge is 0.324 e. The van der Waals surface area contributed by atoms with Crippen LogP contribution in [0.1, 0.15) is 29.2 Å². The Labute approximate surface area is 227 Å². The summed E-state index contributed by atoms with van der Waals surface area (Å²) in [5, 5.41) is 3.31. The van der Waals surface area contributed by atoms with E-state index < -0.39 is 45.3 Å². The van der Waals surface area contributed by atoms with Crippen LogP contribution in [-0.4, -0.2) is 28.7 Å². The molecule has 182 valence electrons. The SMILES string of the molecule is C[C@@H](C(=O)Nc1ccc(Cl)c(Cl)c1)N1C(=O)[C@@H]2[C@H](C1=O)C1(Cl)c3ccccc3C2(Cl)c2ccccc21. The fraction of sp³-hybridized carbons (Fsp3) is 0.222. The van der Waals surface area contributed by atoms with Crippen LogP contribution in [0.4, 0.5) is 5.69 Å². The zero-order valence-electron chi connectivity index (χ0n) is 18.8. The molecule has 3 aromatic rings. The number of likely N-dealkylation sites (tertiary alicyclic amines) is 1. The summed E-state index contributed by atoms with van der Waals surface area (Å²) in [6.07, 6.45) is 0. The second kappa shape index (κ2) is 7.96. The lowest BCUT2D eigenvalue weighted by Gasteiger charge is -2.54. The summed E-state index contributed by atoms with van der Waals surface area (Å²) in [4.78, 5) is 39.5. The van der Waals surface area contributed by atoms with E-state index in [0.29, 0.717) is 33.0 Å². The molecule has 0 radical (unpaired) electrons. The molecule has 4 aliphatic rings. The van der Waals surface area contributed by atoms with Crippen molar-refractivity contribution >= 4 is 69.8 Å². The third-order valence-corrected chi connectivity index (χ3v) is 9.60. The first-order chi connectivity index (χ1) is 17.1. The van der Waals surface area contributed by atoms with Gasteiger partial charge in [0.1, 0.15) is 15.8 Å². The molecule has 0 aromatic heterocycles. The number of carbonyl (C=O) groups excluding carboxylic acids is 3. The van der Waals surface area contributed by atoms with E-state index in [1.54, 1.807) is 12.1 Å². The third-order valence-electron chi connectivity index (χ3n) is 7.57. The first-order valence-electron chi connectivity index (χ1n) is 11.3. The zero-order chi connectivity index (χ0) is 25.6. The summed E-state index contributed by atoms with van der Waals surface area (Å²) < 4.78 is 0. The van der Waals surface area contributed by atoms with Gasteiger partial charge in [-0.25, -0.2) is 0 Å². The van der Waals surface area contributed by atoms with Gasteiger partial charge in [0.25, 0.3) is 0 Å². The van der Waals surface area contributed by atoms with Gasteiger partial charge in [0.05, 0.1) is 21.9 Å². The van der Waals surface area contributed by atoms with E-state index in [9.17, 15) is 14.4 Å². The Hall–Kier alpha value is -2.57. The van der Waals surface area contributed by atoms with E-state index in [0.717, 1.165) is 4.90 Å². The lowest BCUT2D eigenvalue weighted by molar-refractivity contribution is -0.146. The van der Waals surface area contributed by atoms with Crippen LogP contribution < -0.4 is 5.32 Å². The molecule has 1 heterocycles. The first kappa shape index (κ1) is 23.8. The number of benzene rings is 3. The van der Waals surface area contributed by atoms with Crippen molar-refractivity contribution in [1.29, 1.82) is 0 Å². The van der Waals surface area contributed by atoms with Crippen LogP contribution in [0.3, 0.4) is 0 Å². The molecule has 0 unspecified atom stereocenters. The summed E-state index contributed by atoms with van der Waals surface area (Å²) >= 11 is 26.8. The Bertz CT molecular complexity index is 1370. The fourth-order valence-electron chi connectivity index (χ4n) is 6.01. The lowest BCUT2D eigenvalue weighted by atomic mass is 9.54. The van der Waals surface area contributed by atoms with Crippen molar-refractivity contribution in [2.75, 3.05) is 5.32 Å². The van der Waals surface area contributed by atoms with Gasteiger partial charge < -0.3 is 5.32 Å². The minimum Gasteiger partial charge on any atom is -0.324 e. The number of imide groups is 1. The van der Waals surface area contributed by atoms with Crippen LogP contribution in [0.5, 0.6) is 0 Å². The van der Waals surface area contributed by atoms with Gasteiger partial charge in [-0.2, -0.15) is 0 Å². The van der Waals surface area contributed by atoms with Gasteiger partial charge in [0, 0.05) is 5.69 Å². The molecule has 3 atom stereocenters. The van der Waals surface area contributed by atoms with Gasteiger partial charge in [-0.05, 0) is 47.4 Å². The monoisotopic (exact) mass is 558 g/mol. The summed E-state index contributed by atoms with van der Waals surface area (Å²) in [6, 6.07) is 18.3. The molecule has 3 aromatic carbocycles. The maximum Gasteiger partial charge on any atom is 0.247 e. The van der Waals surface area contributed by atoms with Crippen molar-refractivity contribution < 1.29 is 14.4 Å². The molecular formula is C27H18Cl4N2O3. The van der Waals surface area contributed by atoms with Crippen molar-refractivity contribution in [3.05, 3.63) is 99.0 Å². The number of amides is 3. The van der Waals surface area contributed by atoms with Crippen LogP contribution >= 0.6 is 46.4 Å². The zero-order valence-corrected chi connectivity index (χ0v) is 21.8. The highest BCUT2D eigenvalue weighted by Gasteiger charge is 2.73. The van der Waals surface area contributed by atoms with Crippen molar-refractivity contribution in [2.24, 2.45) is 11.8 Å². The molecule has 0 spiro atoms.